The molecule has 4 N–H and O–H groups in total. The van der Waals surface area contributed by atoms with Crippen LogP contribution in [0.3, 0.4) is 0 Å². The fourth-order valence-electron chi connectivity index (χ4n) is 5.98. The van der Waals surface area contributed by atoms with E-state index in [1.807, 2.05) is 31.2 Å². The van der Waals surface area contributed by atoms with Crippen molar-refractivity contribution in [1.29, 1.82) is 0 Å². The molecule has 186 valence electrons. The standard InChI is InChI=1S/C29H25N3O5/c1-16-10-12-18(13-11-16)32-26(34)23-24(27(32)35)29(28(36)37,31-25(23)20-7-3-5-9-22(20)33)14-17-15-30-21-8-4-2-6-19(17)21/h2-13,15,23-25,30-31,33H,14H2,1H3,(H,36,37)/t23-,24+,25+,29-/m1/s1. The maximum atomic E-state index is 14.0. The number of fused-ring (bicyclic) bond motifs is 2. The third kappa shape index (κ3) is 3.37. The molecule has 3 aromatic carbocycles. The summed E-state index contributed by atoms with van der Waals surface area (Å²) in [5, 5.41) is 25.4. The highest BCUT2D eigenvalue weighted by molar-refractivity contribution is 6.24. The first-order valence-electron chi connectivity index (χ1n) is 12.1. The second-order valence-electron chi connectivity index (χ2n) is 9.84. The molecule has 3 heterocycles. The number of carbonyl (C=O) groups is 3. The molecule has 8 nitrogen and oxygen atoms in total. The molecule has 4 atom stereocenters. The Morgan fingerprint density at radius 2 is 1.68 bits per heavy atom. The van der Waals surface area contributed by atoms with Crippen LogP contribution < -0.4 is 10.2 Å². The van der Waals surface area contributed by atoms with Gasteiger partial charge < -0.3 is 15.2 Å². The summed E-state index contributed by atoms with van der Waals surface area (Å²) in [4.78, 5) is 45.3. The molecule has 1 aromatic heterocycles. The number of carbonyl (C=O) groups excluding carboxylic acids is 2. The Hall–Kier alpha value is -4.43. The molecular formula is C29H25N3O5. The number of aromatic nitrogens is 1. The monoisotopic (exact) mass is 495 g/mol. The summed E-state index contributed by atoms with van der Waals surface area (Å²) >= 11 is 0. The molecule has 0 saturated carbocycles. The van der Waals surface area contributed by atoms with E-state index >= 15 is 0 Å². The number of hydrogen-bond acceptors (Lipinski definition) is 5. The van der Waals surface area contributed by atoms with Gasteiger partial charge in [0.1, 0.15) is 11.3 Å². The lowest BCUT2D eigenvalue weighted by molar-refractivity contribution is -0.148. The minimum absolute atomic E-state index is 0.0294. The van der Waals surface area contributed by atoms with Gasteiger partial charge in [-0.15, -0.1) is 0 Å². The Kier molecular flexibility index (Phi) is 5.17. The van der Waals surface area contributed by atoms with Crippen LogP contribution in [0.25, 0.3) is 10.9 Å². The topological polar surface area (TPSA) is 123 Å². The molecular weight excluding hydrogens is 470 g/mol. The quantitative estimate of drug-likeness (QED) is 0.313. The third-order valence-electron chi connectivity index (χ3n) is 7.74. The van der Waals surface area contributed by atoms with Gasteiger partial charge in [0.2, 0.25) is 11.8 Å². The molecule has 0 unspecified atom stereocenters. The Balaban J connectivity index is 1.52. The number of carboxylic acid groups (broad SMARTS) is 1. The van der Waals surface area contributed by atoms with Crippen LogP contribution in [-0.2, 0) is 20.8 Å². The number of anilines is 1. The van der Waals surface area contributed by atoms with Crippen molar-refractivity contribution < 1.29 is 24.6 Å². The van der Waals surface area contributed by atoms with E-state index in [1.165, 1.54) is 6.07 Å². The number of carboxylic acids is 1. The number of rotatable bonds is 5. The van der Waals surface area contributed by atoms with Crippen molar-refractivity contribution in [2.75, 3.05) is 4.90 Å². The molecule has 2 saturated heterocycles. The minimum atomic E-state index is -1.78. The summed E-state index contributed by atoms with van der Waals surface area (Å²) in [5.74, 6) is -4.53. The van der Waals surface area contributed by atoms with Gasteiger partial charge in [0.05, 0.1) is 17.5 Å². The van der Waals surface area contributed by atoms with Crippen LogP contribution in [-0.4, -0.2) is 38.5 Å². The van der Waals surface area contributed by atoms with Gasteiger partial charge in [-0.1, -0.05) is 54.1 Å². The number of H-pyrrole nitrogens is 1. The predicted molar refractivity (Wildman–Crippen MR) is 137 cm³/mol. The molecule has 0 bridgehead atoms. The van der Waals surface area contributed by atoms with Crippen molar-refractivity contribution in [3.8, 4) is 5.75 Å². The number of para-hydroxylation sites is 2. The second-order valence-corrected chi connectivity index (χ2v) is 9.84. The van der Waals surface area contributed by atoms with Crippen molar-refractivity contribution in [3.05, 3.63) is 95.7 Å². The maximum Gasteiger partial charge on any atom is 0.325 e. The maximum absolute atomic E-state index is 14.0. The van der Waals surface area contributed by atoms with Crippen molar-refractivity contribution in [1.82, 2.24) is 10.3 Å². The van der Waals surface area contributed by atoms with E-state index in [2.05, 4.69) is 10.3 Å². The van der Waals surface area contributed by atoms with E-state index in [4.69, 9.17) is 0 Å². The smallest absolute Gasteiger partial charge is 0.325 e. The highest BCUT2D eigenvalue weighted by atomic mass is 16.4. The van der Waals surface area contributed by atoms with Crippen LogP contribution in [0, 0.1) is 18.8 Å². The summed E-state index contributed by atoms with van der Waals surface area (Å²) < 4.78 is 0. The van der Waals surface area contributed by atoms with Crippen LogP contribution in [0.2, 0.25) is 0 Å². The van der Waals surface area contributed by atoms with Crippen molar-refractivity contribution in [3.63, 3.8) is 0 Å². The lowest BCUT2D eigenvalue weighted by Gasteiger charge is -2.31. The summed E-state index contributed by atoms with van der Waals surface area (Å²) in [6.45, 7) is 1.90. The van der Waals surface area contributed by atoms with Crippen LogP contribution in [0.5, 0.6) is 5.75 Å². The number of amides is 2. The number of phenols is 1. The average molecular weight is 496 g/mol. The lowest BCUT2D eigenvalue weighted by Crippen LogP contribution is -2.57. The van der Waals surface area contributed by atoms with E-state index in [0.717, 1.165) is 26.9 Å². The summed E-state index contributed by atoms with van der Waals surface area (Å²) in [5.41, 5.74) is 1.53. The number of imide groups is 1. The van der Waals surface area contributed by atoms with Crippen molar-refractivity contribution in [2.45, 2.75) is 24.9 Å². The number of aryl methyl sites for hydroxylation is 1. The molecule has 4 aromatic rings. The molecule has 37 heavy (non-hydrogen) atoms. The van der Waals surface area contributed by atoms with Gasteiger partial charge in [0.15, 0.2) is 0 Å². The van der Waals surface area contributed by atoms with E-state index in [-0.39, 0.29) is 12.2 Å². The van der Waals surface area contributed by atoms with Crippen molar-refractivity contribution in [2.24, 2.45) is 11.8 Å². The molecule has 2 aliphatic rings. The first-order valence-corrected chi connectivity index (χ1v) is 12.1. The molecule has 2 aliphatic heterocycles. The van der Waals surface area contributed by atoms with E-state index in [1.54, 1.807) is 48.7 Å². The third-order valence-corrected chi connectivity index (χ3v) is 7.74. The van der Waals surface area contributed by atoms with Gasteiger partial charge in [0.25, 0.3) is 0 Å². The number of hydrogen-bond donors (Lipinski definition) is 4. The van der Waals surface area contributed by atoms with E-state index < -0.39 is 41.2 Å². The van der Waals surface area contributed by atoms with E-state index in [0.29, 0.717) is 11.3 Å². The largest absolute Gasteiger partial charge is 0.508 e. The molecule has 0 spiro atoms. The van der Waals surface area contributed by atoms with Gasteiger partial charge in [-0.05, 0) is 36.8 Å². The lowest BCUT2D eigenvalue weighted by atomic mass is 9.76. The van der Waals surface area contributed by atoms with Crippen molar-refractivity contribution >= 4 is 34.4 Å². The fourth-order valence-corrected chi connectivity index (χ4v) is 5.98. The first-order chi connectivity index (χ1) is 17.8. The molecule has 6 rings (SSSR count). The number of benzene rings is 3. The summed E-state index contributed by atoms with van der Waals surface area (Å²) in [6.07, 6.45) is 1.72. The Morgan fingerprint density at radius 3 is 2.41 bits per heavy atom. The number of aromatic amines is 1. The van der Waals surface area contributed by atoms with Gasteiger partial charge in [-0.2, -0.15) is 0 Å². The van der Waals surface area contributed by atoms with Crippen LogP contribution in [0.4, 0.5) is 5.69 Å². The Labute approximate surface area is 212 Å². The normalized spacial score (nSPS) is 25.1. The minimum Gasteiger partial charge on any atom is -0.508 e. The first kappa shape index (κ1) is 23.0. The van der Waals surface area contributed by atoms with Crippen LogP contribution in [0.1, 0.15) is 22.7 Å². The SMILES string of the molecule is Cc1ccc(N2C(=O)[C@@H]3[C@@H](C2=O)[C@](Cc2c[nH]c4ccccc24)(C(=O)O)N[C@H]3c2ccccc2O)cc1. The van der Waals surface area contributed by atoms with Gasteiger partial charge in [-0.25, -0.2) is 4.90 Å². The number of aliphatic carboxylic acids is 1. The fraction of sp³-hybridized carbons (Fsp3) is 0.207. The number of nitrogens with zero attached hydrogens (tertiary/aromatic N) is 1. The number of aromatic hydroxyl groups is 1. The summed E-state index contributed by atoms with van der Waals surface area (Å²) in [7, 11) is 0. The van der Waals surface area contributed by atoms with Crippen LogP contribution in [0.15, 0.2) is 79.0 Å². The highest BCUT2D eigenvalue weighted by Gasteiger charge is 2.69. The Morgan fingerprint density at radius 1 is 0.973 bits per heavy atom. The van der Waals surface area contributed by atoms with Gasteiger partial charge in [0, 0.05) is 35.1 Å². The predicted octanol–water partition coefficient (Wildman–Crippen LogP) is 3.70. The number of nitrogens with one attached hydrogen (secondary N) is 2. The van der Waals surface area contributed by atoms with Gasteiger partial charge in [-0.3, -0.25) is 19.7 Å². The molecule has 2 fully saturated rings. The summed E-state index contributed by atoms with van der Waals surface area (Å²) in [6, 6.07) is 20.2. The molecule has 0 aliphatic carbocycles. The zero-order valence-corrected chi connectivity index (χ0v) is 20.0. The zero-order chi connectivity index (χ0) is 25.9. The average Bonchev–Trinajstić information content (AvgIpc) is 3.53. The van der Waals surface area contributed by atoms with Crippen LogP contribution >= 0.6 is 0 Å². The highest BCUT2D eigenvalue weighted by Crippen LogP contribution is 2.52. The van der Waals surface area contributed by atoms with E-state index in [9.17, 15) is 24.6 Å². The zero-order valence-electron chi connectivity index (χ0n) is 20.0. The number of phenolic OH excluding ortho intramolecular Hbond substituents is 1. The Bertz CT molecular complexity index is 1560. The molecule has 0 radical (unpaired) electrons. The second kappa shape index (κ2) is 8.31. The van der Waals surface area contributed by atoms with Gasteiger partial charge >= 0.3 is 5.97 Å². The molecule has 8 heteroatoms. The molecule has 2 amide bonds.